The van der Waals surface area contributed by atoms with Crippen LogP contribution >= 0.6 is 0 Å². The van der Waals surface area contributed by atoms with E-state index in [1.54, 1.807) is 18.5 Å². The molecule has 0 unspecified atom stereocenters. The SMILES string of the molecule is C[C@H]1C[C@H](C)CN(CCCNC(=O)Cn2nc(Cc3cccnc3)c3ccccc3c2=O)C1. The van der Waals surface area contributed by atoms with Crippen molar-refractivity contribution >= 4 is 16.7 Å². The quantitative estimate of drug-likeness (QED) is 0.537. The number of hydrogen-bond acceptors (Lipinski definition) is 5. The Morgan fingerprint density at radius 3 is 2.58 bits per heavy atom. The van der Waals surface area contributed by atoms with Gasteiger partial charge in [0.1, 0.15) is 6.54 Å². The minimum atomic E-state index is -0.244. The molecule has 2 aromatic heterocycles. The third-order valence-electron chi connectivity index (χ3n) is 6.25. The minimum absolute atomic E-state index is 0.0819. The van der Waals surface area contributed by atoms with Crippen LogP contribution in [0.3, 0.4) is 0 Å². The third-order valence-corrected chi connectivity index (χ3v) is 6.25. The lowest BCUT2D eigenvalue weighted by molar-refractivity contribution is -0.121. The molecule has 0 radical (unpaired) electrons. The summed E-state index contributed by atoms with van der Waals surface area (Å²) in [5, 5.41) is 8.91. The predicted molar refractivity (Wildman–Crippen MR) is 130 cm³/mol. The van der Waals surface area contributed by atoms with E-state index in [2.05, 4.69) is 34.1 Å². The maximum absolute atomic E-state index is 13.0. The molecule has 1 fully saturated rings. The van der Waals surface area contributed by atoms with Gasteiger partial charge in [0.15, 0.2) is 0 Å². The molecule has 0 saturated carbocycles. The molecule has 0 spiro atoms. The lowest BCUT2D eigenvalue weighted by Gasteiger charge is -2.34. The number of nitrogens with zero attached hydrogens (tertiary/aromatic N) is 4. The van der Waals surface area contributed by atoms with Gasteiger partial charge in [0, 0.05) is 43.8 Å². The second-order valence-electron chi connectivity index (χ2n) is 9.40. The molecule has 0 aliphatic carbocycles. The van der Waals surface area contributed by atoms with E-state index in [0.717, 1.165) is 54.5 Å². The number of pyridine rings is 1. The highest BCUT2D eigenvalue weighted by molar-refractivity contribution is 5.84. The van der Waals surface area contributed by atoms with Gasteiger partial charge in [-0.15, -0.1) is 0 Å². The molecule has 3 aromatic rings. The Morgan fingerprint density at radius 1 is 1.09 bits per heavy atom. The van der Waals surface area contributed by atoms with Crippen LogP contribution in [0.5, 0.6) is 0 Å². The fourth-order valence-electron chi connectivity index (χ4n) is 4.94. The molecule has 1 N–H and O–H groups in total. The van der Waals surface area contributed by atoms with E-state index in [1.807, 2.05) is 30.3 Å². The number of amides is 1. The van der Waals surface area contributed by atoms with Gasteiger partial charge in [-0.3, -0.25) is 14.6 Å². The molecule has 2 atom stereocenters. The van der Waals surface area contributed by atoms with Crippen molar-refractivity contribution in [2.45, 2.75) is 39.7 Å². The summed E-state index contributed by atoms with van der Waals surface area (Å²) in [7, 11) is 0. The van der Waals surface area contributed by atoms with Gasteiger partial charge in [-0.25, -0.2) is 4.68 Å². The highest BCUT2D eigenvalue weighted by Crippen LogP contribution is 2.20. The Hall–Kier alpha value is -3.06. The molecular weight excluding hydrogens is 414 g/mol. The van der Waals surface area contributed by atoms with Crippen LogP contribution in [0, 0.1) is 11.8 Å². The van der Waals surface area contributed by atoms with Gasteiger partial charge >= 0.3 is 0 Å². The maximum Gasteiger partial charge on any atom is 0.275 e. The molecule has 7 nitrogen and oxygen atoms in total. The highest BCUT2D eigenvalue weighted by atomic mass is 16.2. The van der Waals surface area contributed by atoms with Crippen molar-refractivity contribution in [2.24, 2.45) is 11.8 Å². The molecule has 174 valence electrons. The number of benzene rings is 1. The summed E-state index contributed by atoms with van der Waals surface area (Å²) in [5.41, 5.74) is 1.53. The van der Waals surface area contributed by atoms with Crippen molar-refractivity contribution < 1.29 is 4.79 Å². The maximum atomic E-state index is 13.0. The first-order chi connectivity index (χ1) is 16.0. The second-order valence-corrected chi connectivity index (χ2v) is 9.40. The number of aromatic nitrogens is 3. The van der Waals surface area contributed by atoms with Crippen molar-refractivity contribution in [3.63, 3.8) is 0 Å². The number of likely N-dealkylation sites (tertiary alicyclic amines) is 1. The predicted octanol–water partition coefficient (Wildman–Crippen LogP) is 2.87. The molecule has 33 heavy (non-hydrogen) atoms. The number of piperidine rings is 1. The Bertz CT molecular complexity index is 1130. The van der Waals surface area contributed by atoms with Gasteiger partial charge in [-0.2, -0.15) is 5.10 Å². The van der Waals surface area contributed by atoms with Crippen molar-refractivity contribution in [1.82, 2.24) is 25.0 Å². The number of nitrogens with one attached hydrogen (secondary N) is 1. The number of carbonyl (C=O) groups is 1. The summed E-state index contributed by atoms with van der Waals surface area (Å²) in [6.07, 6.45) is 6.26. The van der Waals surface area contributed by atoms with Crippen LogP contribution in [0.25, 0.3) is 10.8 Å². The van der Waals surface area contributed by atoms with Crippen molar-refractivity contribution in [3.8, 4) is 0 Å². The number of rotatable bonds is 8. The van der Waals surface area contributed by atoms with E-state index in [1.165, 1.54) is 11.1 Å². The zero-order chi connectivity index (χ0) is 23.2. The van der Waals surface area contributed by atoms with E-state index in [0.29, 0.717) is 18.4 Å². The number of hydrogen-bond donors (Lipinski definition) is 1. The van der Waals surface area contributed by atoms with Crippen LogP contribution in [0.4, 0.5) is 0 Å². The Balaban J connectivity index is 1.40. The molecule has 1 aliphatic rings. The van der Waals surface area contributed by atoms with Gasteiger partial charge < -0.3 is 10.2 Å². The third kappa shape index (κ3) is 6.05. The molecule has 1 saturated heterocycles. The molecule has 7 heteroatoms. The summed E-state index contributed by atoms with van der Waals surface area (Å²) in [6.45, 7) is 8.38. The van der Waals surface area contributed by atoms with E-state index in [4.69, 9.17) is 0 Å². The van der Waals surface area contributed by atoms with Gasteiger partial charge in [0.2, 0.25) is 5.91 Å². The van der Waals surface area contributed by atoms with Crippen LogP contribution in [0.2, 0.25) is 0 Å². The van der Waals surface area contributed by atoms with Crippen molar-refractivity contribution in [1.29, 1.82) is 0 Å². The first-order valence-corrected chi connectivity index (χ1v) is 11.9. The Kier molecular flexibility index (Phi) is 7.50. The van der Waals surface area contributed by atoms with Crippen LogP contribution in [-0.4, -0.2) is 51.8 Å². The Morgan fingerprint density at radius 2 is 1.85 bits per heavy atom. The molecule has 0 bridgehead atoms. The topological polar surface area (TPSA) is 80.1 Å². The molecule has 1 amide bonds. The highest BCUT2D eigenvalue weighted by Gasteiger charge is 2.21. The van der Waals surface area contributed by atoms with Crippen LogP contribution in [0.1, 0.15) is 37.9 Å². The molecule has 4 rings (SSSR count). The lowest BCUT2D eigenvalue weighted by atomic mass is 9.92. The van der Waals surface area contributed by atoms with Crippen molar-refractivity contribution in [3.05, 3.63) is 70.4 Å². The average Bonchev–Trinajstić information content (AvgIpc) is 2.80. The van der Waals surface area contributed by atoms with Gasteiger partial charge in [0.05, 0.1) is 11.1 Å². The standard InChI is InChI=1S/C26H33N5O2/c1-19-13-20(2)17-30(16-19)12-6-11-28-25(32)18-31-26(33)23-9-4-3-8-22(23)24(29-31)14-21-7-5-10-27-15-21/h3-5,7-10,15,19-20H,6,11-14,16-18H2,1-2H3,(H,28,32)/t19-,20-/m0/s1. The molecule has 1 aromatic carbocycles. The van der Waals surface area contributed by atoms with E-state index in [9.17, 15) is 9.59 Å². The van der Waals surface area contributed by atoms with Gasteiger partial charge in [-0.1, -0.05) is 38.1 Å². The fourth-order valence-corrected chi connectivity index (χ4v) is 4.94. The average molecular weight is 448 g/mol. The van der Waals surface area contributed by atoms with E-state index >= 15 is 0 Å². The zero-order valence-electron chi connectivity index (χ0n) is 19.5. The normalized spacial score (nSPS) is 19.0. The minimum Gasteiger partial charge on any atom is -0.354 e. The summed E-state index contributed by atoms with van der Waals surface area (Å²) >= 11 is 0. The first kappa shape index (κ1) is 23.1. The summed E-state index contributed by atoms with van der Waals surface area (Å²) in [5.74, 6) is 1.28. The van der Waals surface area contributed by atoms with E-state index in [-0.39, 0.29) is 18.0 Å². The summed E-state index contributed by atoms with van der Waals surface area (Å²) < 4.78 is 1.29. The Labute approximate surface area is 194 Å². The van der Waals surface area contributed by atoms with Gasteiger partial charge in [0.25, 0.3) is 5.56 Å². The second kappa shape index (κ2) is 10.7. The van der Waals surface area contributed by atoms with Crippen LogP contribution < -0.4 is 10.9 Å². The van der Waals surface area contributed by atoms with E-state index < -0.39 is 0 Å². The van der Waals surface area contributed by atoms with Crippen LogP contribution in [0.15, 0.2) is 53.6 Å². The van der Waals surface area contributed by atoms with Crippen LogP contribution in [-0.2, 0) is 17.8 Å². The monoisotopic (exact) mass is 447 g/mol. The first-order valence-electron chi connectivity index (χ1n) is 11.9. The largest absolute Gasteiger partial charge is 0.354 e. The summed E-state index contributed by atoms with van der Waals surface area (Å²) in [4.78, 5) is 32.2. The molecular formula is C26H33N5O2. The zero-order valence-corrected chi connectivity index (χ0v) is 19.5. The molecule has 3 heterocycles. The number of fused-ring (bicyclic) bond motifs is 1. The summed E-state index contributed by atoms with van der Waals surface area (Å²) in [6, 6.07) is 11.3. The van der Waals surface area contributed by atoms with Crippen molar-refractivity contribution in [2.75, 3.05) is 26.2 Å². The van der Waals surface area contributed by atoms with Gasteiger partial charge in [-0.05, 0) is 48.9 Å². The lowest BCUT2D eigenvalue weighted by Crippen LogP contribution is -2.40. The molecule has 1 aliphatic heterocycles. The number of carbonyl (C=O) groups excluding carboxylic acids is 1. The smallest absolute Gasteiger partial charge is 0.275 e. The fraction of sp³-hybridized carbons (Fsp3) is 0.462.